The average molecular weight is 414 g/mol. The molecule has 5 N–H and O–H groups in total. The number of carbonyl (C=O) groups is 1. The molecule has 148 valence electrons. The van der Waals surface area contributed by atoms with E-state index in [0.29, 0.717) is 67.0 Å². The van der Waals surface area contributed by atoms with Gasteiger partial charge in [-0.15, -0.1) is 0 Å². The molecular weight excluding hydrogens is 389 g/mol. The maximum absolute atomic E-state index is 10.9. The van der Waals surface area contributed by atoms with Gasteiger partial charge in [0.1, 0.15) is 11.4 Å². The standard InChI is InChI=1S/C18H25Cl2N5O2/c1-2-15-18(27-14-9-12(19)8-13(20)10-14)16(25(24-15)7-5-21)11-23-6-3-4-17(22)26/h8-10,23H,2-7,11,21H2,1H3,(H2,22,26). The van der Waals surface area contributed by atoms with Crippen LogP contribution in [0.3, 0.4) is 0 Å². The quantitative estimate of drug-likeness (QED) is 0.490. The number of primary amides is 1. The number of carbonyl (C=O) groups excluding carboxylic acids is 1. The number of nitrogens with two attached hydrogens (primary N) is 2. The Balaban J connectivity index is 2.23. The van der Waals surface area contributed by atoms with E-state index >= 15 is 0 Å². The van der Waals surface area contributed by atoms with Crippen molar-refractivity contribution in [3.8, 4) is 11.5 Å². The van der Waals surface area contributed by atoms with Crippen LogP contribution in [0.25, 0.3) is 0 Å². The first-order chi connectivity index (χ1) is 12.9. The van der Waals surface area contributed by atoms with Crippen molar-refractivity contribution < 1.29 is 9.53 Å². The molecule has 0 aliphatic heterocycles. The third kappa shape index (κ3) is 6.39. The van der Waals surface area contributed by atoms with Crippen LogP contribution in [0.5, 0.6) is 11.5 Å². The van der Waals surface area contributed by atoms with Gasteiger partial charge in [0.25, 0.3) is 0 Å². The van der Waals surface area contributed by atoms with Gasteiger partial charge in [-0.25, -0.2) is 0 Å². The molecule has 1 amide bonds. The van der Waals surface area contributed by atoms with E-state index in [4.69, 9.17) is 39.4 Å². The smallest absolute Gasteiger partial charge is 0.217 e. The van der Waals surface area contributed by atoms with Gasteiger partial charge in [0.15, 0.2) is 5.75 Å². The summed E-state index contributed by atoms with van der Waals surface area (Å²) in [6.07, 6.45) is 1.72. The fourth-order valence-electron chi connectivity index (χ4n) is 2.66. The topological polar surface area (TPSA) is 108 Å². The molecule has 2 rings (SSSR count). The van der Waals surface area contributed by atoms with Gasteiger partial charge in [-0.2, -0.15) is 5.10 Å². The molecule has 0 saturated heterocycles. The van der Waals surface area contributed by atoms with Crippen LogP contribution in [0.4, 0.5) is 0 Å². The lowest BCUT2D eigenvalue weighted by Crippen LogP contribution is -2.21. The van der Waals surface area contributed by atoms with E-state index in [0.717, 1.165) is 11.4 Å². The van der Waals surface area contributed by atoms with E-state index in [1.54, 1.807) is 18.2 Å². The highest BCUT2D eigenvalue weighted by Crippen LogP contribution is 2.33. The molecule has 0 aliphatic carbocycles. The van der Waals surface area contributed by atoms with Crippen LogP contribution in [0, 0.1) is 0 Å². The molecule has 0 aliphatic rings. The van der Waals surface area contributed by atoms with Gasteiger partial charge >= 0.3 is 0 Å². The molecule has 0 bridgehead atoms. The predicted octanol–water partition coefficient (Wildman–Crippen LogP) is 2.86. The molecule has 9 heteroatoms. The summed E-state index contributed by atoms with van der Waals surface area (Å²) < 4.78 is 7.96. The molecule has 0 radical (unpaired) electrons. The first-order valence-electron chi connectivity index (χ1n) is 8.86. The first kappa shape index (κ1) is 21.5. The molecule has 0 saturated carbocycles. The van der Waals surface area contributed by atoms with Gasteiger partial charge in [0.2, 0.25) is 5.91 Å². The number of aromatic nitrogens is 2. The molecule has 7 nitrogen and oxygen atoms in total. The highest BCUT2D eigenvalue weighted by Gasteiger charge is 2.19. The Bertz CT molecular complexity index is 759. The number of rotatable bonds is 11. The van der Waals surface area contributed by atoms with Crippen molar-refractivity contribution in [2.45, 2.75) is 39.3 Å². The lowest BCUT2D eigenvalue weighted by Gasteiger charge is -2.12. The van der Waals surface area contributed by atoms with E-state index in [9.17, 15) is 4.79 Å². The molecular formula is C18H25Cl2N5O2. The summed E-state index contributed by atoms with van der Waals surface area (Å²) in [6.45, 7) is 4.22. The largest absolute Gasteiger partial charge is 0.453 e. The number of halogens is 2. The van der Waals surface area contributed by atoms with E-state index < -0.39 is 0 Å². The minimum atomic E-state index is -0.305. The zero-order valence-electron chi connectivity index (χ0n) is 15.3. The van der Waals surface area contributed by atoms with E-state index in [1.165, 1.54) is 0 Å². The van der Waals surface area contributed by atoms with Crippen molar-refractivity contribution in [1.82, 2.24) is 15.1 Å². The molecule has 1 heterocycles. The number of aryl methyl sites for hydroxylation is 1. The van der Waals surface area contributed by atoms with Crippen LogP contribution in [0.1, 0.15) is 31.2 Å². The zero-order valence-corrected chi connectivity index (χ0v) is 16.8. The number of hydrogen-bond acceptors (Lipinski definition) is 5. The lowest BCUT2D eigenvalue weighted by atomic mass is 10.2. The maximum atomic E-state index is 10.9. The third-order valence-corrected chi connectivity index (χ3v) is 4.31. The van der Waals surface area contributed by atoms with Gasteiger partial charge in [-0.05, 0) is 37.6 Å². The van der Waals surface area contributed by atoms with E-state index in [1.807, 2.05) is 11.6 Å². The summed E-state index contributed by atoms with van der Waals surface area (Å²) in [7, 11) is 0. The molecule has 0 spiro atoms. The molecule has 1 aromatic heterocycles. The SMILES string of the molecule is CCc1nn(CCN)c(CNCCCC(N)=O)c1Oc1cc(Cl)cc(Cl)c1. The average Bonchev–Trinajstić information content (AvgIpc) is 2.90. The fraction of sp³-hybridized carbons (Fsp3) is 0.444. The molecule has 0 atom stereocenters. The normalized spacial score (nSPS) is 11.0. The number of benzene rings is 1. The second kappa shape index (κ2) is 10.5. The number of ether oxygens (including phenoxy) is 1. The summed E-state index contributed by atoms with van der Waals surface area (Å²) in [6, 6.07) is 5.06. The lowest BCUT2D eigenvalue weighted by molar-refractivity contribution is -0.118. The highest BCUT2D eigenvalue weighted by molar-refractivity contribution is 6.34. The van der Waals surface area contributed by atoms with Crippen LogP contribution < -0.4 is 21.5 Å². The Morgan fingerprint density at radius 3 is 2.59 bits per heavy atom. The number of nitrogens with zero attached hydrogens (tertiary/aromatic N) is 2. The van der Waals surface area contributed by atoms with Crippen LogP contribution in [-0.4, -0.2) is 28.8 Å². The molecule has 0 unspecified atom stereocenters. The van der Waals surface area contributed by atoms with Crippen molar-refractivity contribution in [3.63, 3.8) is 0 Å². The Hall–Kier alpha value is -1.80. The van der Waals surface area contributed by atoms with E-state index in [-0.39, 0.29) is 5.91 Å². The molecule has 0 fully saturated rings. The molecule has 1 aromatic carbocycles. The number of nitrogens with one attached hydrogen (secondary N) is 1. The monoisotopic (exact) mass is 413 g/mol. The van der Waals surface area contributed by atoms with Gasteiger partial charge in [0, 0.05) is 29.6 Å². The molecule has 27 heavy (non-hydrogen) atoms. The Kier molecular flexibility index (Phi) is 8.37. The van der Waals surface area contributed by atoms with Crippen molar-refractivity contribution in [1.29, 1.82) is 0 Å². The summed E-state index contributed by atoms with van der Waals surface area (Å²) in [5.74, 6) is 0.913. The first-order valence-corrected chi connectivity index (χ1v) is 9.61. The van der Waals surface area contributed by atoms with Crippen molar-refractivity contribution in [2.24, 2.45) is 11.5 Å². The van der Waals surface area contributed by atoms with Gasteiger partial charge in [-0.3, -0.25) is 9.48 Å². The third-order valence-electron chi connectivity index (χ3n) is 3.88. The van der Waals surface area contributed by atoms with Gasteiger partial charge in [0.05, 0.1) is 12.2 Å². The zero-order chi connectivity index (χ0) is 19.8. The number of amides is 1. The highest BCUT2D eigenvalue weighted by atomic mass is 35.5. The Morgan fingerprint density at radius 2 is 2.00 bits per heavy atom. The minimum Gasteiger partial charge on any atom is -0.453 e. The van der Waals surface area contributed by atoms with Crippen LogP contribution in [0.15, 0.2) is 18.2 Å². The summed E-state index contributed by atoms with van der Waals surface area (Å²) in [5, 5.41) is 8.91. The predicted molar refractivity (Wildman–Crippen MR) is 107 cm³/mol. The summed E-state index contributed by atoms with van der Waals surface area (Å²) in [5.41, 5.74) is 12.6. The van der Waals surface area contributed by atoms with Crippen LogP contribution in [-0.2, 0) is 24.3 Å². The van der Waals surface area contributed by atoms with Crippen molar-refractivity contribution in [2.75, 3.05) is 13.1 Å². The van der Waals surface area contributed by atoms with E-state index in [2.05, 4.69) is 10.4 Å². The number of hydrogen-bond donors (Lipinski definition) is 3. The second-order valence-corrected chi connectivity index (χ2v) is 6.91. The molecule has 2 aromatic rings. The minimum absolute atomic E-state index is 0.305. The summed E-state index contributed by atoms with van der Waals surface area (Å²) >= 11 is 12.2. The van der Waals surface area contributed by atoms with Crippen molar-refractivity contribution >= 4 is 29.1 Å². The van der Waals surface area contributed by atoms with Crippen LogP contribution in [0.2, 0.25) is 10.0 Å². The van der Waals surface area contributed by atoms with Gasteiger partial charge < -0.3 is 21.5 Å². The van der Waals surface area contributed by atoms with Gasteiger partial charge in [-0.1, -0.05) is 30.1 Å². The summed E-state index contributed by atoms with van der Waals surface area (Å²) in [4.78, 5) is 10.9. The van der Waals surface area contributed by atoms with Crippen molar-refractivity contribution in [3.05, 3.63) is 39.6 Å². The fourth-order valence-corrected chi connectivity index (χ4v) is 3.17. The Morgan fingerprint density at radius 1 is 1.30 bits per heavy atom. The maximum Gasteiger partial charge on any atom is 0.217 e. The van der Waals surface area contributed by atoms with Crippen LogP contribution >= 0.6 is 23.2 Å². The Labute approximate surface area is 168 Å². The second-order valence-electron chi connectivity index (χ2n) is 6.04.